The summed E-state index contributed by atoms with van der Waals surface area (Å²) in [6.45, 7) is 5.97. The lowest BCUT2D eigenvalue weighted by molar-refractivity contribution is 0.0995. The number of rotatable bonds is 3. The highest BCUT2D eigenvalue weighted by atomic mass is 32.2. The standard InChI is InChI=1S/C17H20N2OS2/c1-11-15(13-7-3-4-8-14(13)18-11)16(20)12(2)22-17(21)19-9-5-6-10-19/h3-4,7-8,12,18H,5-6,9-10H2,1-2H3/t12-/m1/s1. The number of thioether (sulfide) groups is 1. The summed E-state index contributed by atoms with van der Waals surface area (Å²) >= 11 is 7.01. The van der Waals surface area contributed by atoms with Crippen molar-refractivity contribution in [2.24, 2.45) is 0 Å². The van der Waals surface area contributed by atoms with E-state index in [4.69, 9.17) is 12.2 Å². The van der Waals surface area contributed by atoms with Gasteiger partial charge in [0.1, 0.15) is 4.32 Å². The van der Waals surface area contributed by atoms with Crippen LogP contribution in [0.3, 0.4) is 0 Å². The topological polar surface area (TPSA) is 36.1 Å². The third kappa shape index (κ3) is 2.92. The van der Waals surface area contributed by atoms with E-state index in [0.29, 0.717) is 0 Å². The summed E-state index contributed by atoms with van der Waals surface area (Å²) in [6, 6.07) is 7.96. The number of ketones is 1. The number of aromatic nitrogens is 1. The number of fused-ring (bicyclic) bond motifs is 1. The molecule has 1 aromatic heterocycles. The zero-order valence-electron chi connectivity index (χ0n) is 12.9. The Balaban J connectivity index is 1.79. The Morgan fingerprint density at radius 1 is 1.32 bits per heavy atom. The van der Waals surface area contributed by atoms with Crippen LogP contribution >= 0.6 is 24.0 Å². The molecule has 1 fully saturated rings. The number of para-hydroxylation sites is 1. The van der Waals surface area contributed by atoms with Crippen molar-refractivity contribution in [3.63, 3.8) is 0 Å². The maximum Gasteiger partial charge on any atom is 0.178 e. The van der Waals surface area contributed by atoms with Crippen LogP contribution in [-0.2, 0) is 0 Å². The summed E-state index contributed by atoms with van der Waals surface area (Å²) in [5.41, 5.74) is 2.76. The Kier molecular flexibility index (Phi) is 4.54. The Morgan fingerprint density at radius 2 is 2.00 bits per heavy atom. The molecular formula is C17H20N2OS2. The van der Waals surface area contributed by atoms with Gasteiger partial charge in [0, 0.05) is 35.2 Å². The summed E-state index contributed by atoms with van der Waals surface area (Å²) in [5.74, 6) is 0.154. The molecule has 0 radical (unpaired) electrons. The minimum absolute atomic E-state index is 0.154. The lowest BCUT2D eigenvalue weighted by atomic mass is 10.1. The molecule has 1 aromatic carbocycles. The summed E-state index contributed by atoms with van der Waals surface area (Å²) in [7, 11) is 0. The molecule has 1 N–H and O–H groups in total. The summed E-state index contributed by atoms with van der Waals surface area (Å²) in [6.07, 6.45) is 2.40. The number of Topliss-reactive ketones (excluding diaryl/α,β-unsaturated/α-hetero) is 1. The largest absolute Gasteiger partial charge is 0.358 e. The van der Waals surface area contributed by atoms with Gasteiger partial charge in [0.15, 0.2) is 5.78 Å². The van der Waals surface area contributed by atoms with Gasteiger partial charge in [-0.1, -0.05) is 42.2 Å². The molecule has 1 aliphatic heterocycles. The molecule has 2 heterocycles. The van der Waals surface area contributed by atoms with E-state index in [1.165, 1.54) is 24.6 Å². The highest BCUT2D eigenvalue weighted by Gasteiger charge is 2.25. The first-order valence-corrected chi connectivity index (χ1v) is 8.94. The fourth-order valence-corrected chi connectivity index (χ4v) is 4.45. The van der Waals surface area contributed by atoms with E-state index in [2.05, 4.69) is 9.88 Å². The number of hydrogen-bond acceptors (Lipinski definition) is 3. The van der Waals surface area contributed by atoms with Gasteiger partial charge in [-0.15, -0.1) is 0 Å². The Bertz CT molecular complexity index is 717. The van der Waals surface area contributed by atoms with Gasteiger partial charge in [-0.25, -0.2) is 0 Å². The lowest BCUT2D eigenvalue weighted by Gasteiger charge is -2.20. The summed E-state index contributed by atoms with van der Waals surface area (Å²) in [5, 5.41) is 0.843. The molecule has 1 aliphatic rings. The van der Waals surface area contributed by atoms with Crippen molar-refractivity contribution in [1.82, 2.24) is 9.88 Å². The monoisotopic (exact) mass is 332 g/mol. The van der Waals surface area contributed by atoms with Crippen LogP contribution < -0.4 is 0 Å². The van der Waals surface area contributed by atoms with Crippen LogP contribution in [0.5, 0.6) is 0 Å². The molecule has 0 aliphatic carbocycles. The van der Waals surface area contributed by atoms with Crippen LogP contribution in [0.4, 0.5) is 0 Å². The van der Waals surface area contributed by atoms with Crippen LogP contribution in [0.25, 0.3) is 10.9 Å². The van der Waals surface area contributed by atoms with Gasteiger partial charge >= 0.3 is 0 Å². The van der Waals surface area contributed by atoms with E-state index < -0.39 is 0 Å². The first-order chi connectivity index (χ1) is 10.6. The van der Waals surface area contributed by atoms with Gasteiger partial charge in [-0.05, 0) is 32.8 Å². The van der Waals surface area contributed by atoms with E-state index in [1.54, 1.807) is 0 Å². The molecule has 1 atom stereocenters. The van der Waals surface area contributed by atoms with Crippen molar-refractivity contribution in [2.45, 2.75) is 31.9 Å². The second-order valence-corrected chi connectivity index (χ2v) is 7.73. The molecular weight excluding hydrogens is 312 g/mol. The predicted molar refractivity (Wildman–Crippen MR) is 97.8 cm³/mol. The minimum Gasteiger partial charge on any atom is -0.358 e. The van der Waals surface area contributed by atoms with Crippen LogP contribution in [0.15, 0.2) is 24.3 Å². The molecule has 0 saturated carbocycles. The number of aryl methyl sites for hydroxylation is 1. The van der Waals surface area contributed by atoms with Gasteiger partial charge in [-0.2, -0.15) is 0 Å². The third-order valence-corrected chi connectivity index (χ3v) is 5.73. The zero-order chi connectivity index (χ0) is 15.7. The molecule has 0 bridgehead atoms. The Labute approximate surface area is 140 Å². The van der Waals surface area contributed by atoms with Crippen molar-refractivity contribution in [3.8, 4) is 0 Å². The van der Waals surface area contributed by atoms with E-state index in [-0.39, 0.29) is 11.0 Å². The fraction of sp³-hybridized carbons (Fsp3) is 0.412. The van der Waals surface area contributed by atoms with Crippen LogP contribution in [0.1, 0.15) is 35.8 Å². The molecule has 0 unspecified atom stereocenters. The van der Waals surface area contributed by atoms with Crippen molar-refractivity contribution in [1.29, 1.82) is 0 Å². The smallest absolute Gasteiger partial charge is 0.178 e. The number of benzene rings is 1. The molecule has 1 saturated heterocycles. The summed E-state index contributed by atoms with van der Waals surface area (Å²) in [4.78, 5) is 18.4. The van der Waals surface area contributed by atoms with E-state index >= 15 is 0 Å². The van der Waals surface area contributed by atoms with Crippen molar-refractivity contribution < 1.29 is 4.79 Å². The molecule has 0 spiro atoms. The van der Waals surface area contributed by atoms with E-state index in [9.17, 15) is 4.79 Å². The predicted octanol–water partition coefficient (Wildman–Crippen LogP) is 4.16. The maximum absolute atomic E-state index is 12.9. The SMILES string of the molecule is Cc1[nH]c2ccccc2c1C(=O)[C@@H](C)SC(=S)N1CCCC1. The summed E-state index contributed by atoms with van der Waals surface area (Å²) < 4.78 is 0.857. The minimum atomic E-state index is -0.161. The van der Waals surface area contributed by atoms with Crippen molar-refractivity contribution >= 4 is 45.0 Å². The molecule has 22 heavy (non-hydrogen) atoms. The number of likely N-dealkylation sites (tertiary alicyclic amines) is 1. The van der Waals surface area contributed by atoms with Crippen LogP contribution in [0, 0.1) is 6.92 Å². The number of nitrogens with zero attached hydrogens (tertiary/aromatic N) is 1. The lowest BCUT2D eigenvalue weighted by Crippen LogP contribution is -2.27. The van der Waals surface area contributed by atoms with Gasteiger partial charge in [0.25, 0.3) is 0 Å². The maximum atomic E-state index is 12.9. The number of nitrogens with one attached hydrogen (secondary N) is 1. The molecule has 2 aromatic rings. The van der Waals surface area contributed by atoms with Gasteiger partial charge in [0.05, 0.1) is 5.25 Å². The average molecular weight is 332 g/mol. The van der Waals surface area contributed by atoms with Crippen molar-refractivity contribution in [3.05, 3.63) is 35.5 Å². The quantitative estimate of drug-likeness (QED) is 0.676. The third-order valence-electron chi connectivity index (χ3n) is 4.15. The van der Waals surface area contributed by atoms with Gasteiger partial charge in [0.2, 0.25) is 0 Å². The van der Waals surface area contributed by atoms with Gasteiger partial charge in [-0.3, -0.25) is 4.79 Å². The number of H-pyrrole nitrogens is 1. The fourth-order valence-electron chi connectivity index (χ4n) is 2.98. The average Bonchev–Trinajstić information content (AvgIpc) is 3.13. The zero-order valence-corrected chi connectivity index (χ0v) is 14.5. The van der Waals surface area contributed by atoms with E-state index in [1.807, 2.05) is 38.1 Å². The molecule has 116 valence electrons. The number of carbonyl (C=O) groups excluding carboxylic acids is 1. The molecule has 0 amide bonds. The number of aromatic amines is 1. The second-order valence-electron chi connectivity index (χ2n) is 5.75. The van der Waals surface area contributed by atoms with E-state index in [0.717, 1.165) is 39.6 Å². The second kappa shape index (κ2) is 6.42. The normalized spacial score (nSPS) is 16.2. The first-order valence-electron chi connectivity index (χ1n) is 7.65. The highest BCUT2D eigenvalue weighted by Crippen LogP contribution is 2.28. The molecule has 3 rings (SSSR count). The molecule has 5 heteroatoms. The van der Waals surface area contributed by atoms with Gasteiger partial charge < -0.3 is 9.88 Å². The molecule has 3 nitrogen and oxygen atoms in total. The Morgan fingerprint density at radius 3 is 2.73 bits per heavy atom. The number of thiocarbonyl (C=S) groups is 1. The van der Waals surface area contributed by atoms with Crippen molar-refractivity contribution in [2.75, 3.05) is 13.1 Å². The number of carbonyl (C=O) groups is 1. The van der Waals surface area contributed by atoms with Crippen LogP contribution in [0.2, 0.25) is 0 Å². The highest BCUT2D eigenvalue weighted by molar-refractivity contribution is 8.23. The first kappa shape index (κ1) is 15.6. The Hall–Kier alpha value is -1.33. The van der Waals surface area contributed by atoms with Crippen LogP contribution in [-0.4, -0.2) is 38.3 Å². The number of hydrogen-bond donors (Lipinski definition) is 1.